The topological polar surface area (TPSA) is 99.2 Å². The average Bonchev–Trinajstić information content (AvgIpc) is 3.01. The number of imide groups is 1. The number of methoxy groups -OCH3 is 1. The maximum Gasteiger partial charge on any atom is 0.326 e. The van der Waals surface area contributed by atoms with E-state index in [4.69, 9.17) is 4.74 Å². The van der Waals surface area contributed by atoms with Gasteiger partial charge in [-0.05, 0) is 12.8 Å². The van der Waals surface area contributed by atoms with Gasteiger partial charge in [0.1, 0.15) is 11.6 Å². The summed E-state index contributed by atoms with van der Waals surface area (Å²) in [6.07, 6.45) is 3.84. The number of likely N-dealkylation sites (tertiary alicyclic amines) is 1. The highest BCUT2D eigenvalue weighted by atomic mass is 16.5. The molecule has 2 heterocycles. The van der Waals surface area contributed by atoms with Gasteiger partial charge in [-0.2, -0.15) is 0 Å². The molecule has 8 nitrogen and oxygen atoms in total. The molecule has 1 aliphatic carbocycles. The van der Waals surface area contributed by atoms with Crippen LogP contribution in [0.3, 0.4) is 0 Å². The van der Waals surface area contributed by atoms with Crippen LogP contribution in [0.1, 0.15) is 38.5 Å². The van der Waals surface area contributed by atoms with Crippen LogP contribution in [-0.2, 0) is 14.3 Å². The minimum absolute atomic E-state index is 0.00322. The number of urea groups is 1. The molecule has 3 rings (SSSR count). The molecule has 23 heavy (non-hydrogen) atoms. The molecule has 2 saturated heterocycles. The quantitative estimate of drug-likeness (QED) is 0.551. The van der Waals surface area contributed by atoms with Crippen molar-refractivity contribution in [2.24, 2.45) is 0 Å². The van der Waals surface area contributed by atoms with Gasteiger partial charge in [-0.15, -0.1) is 0 Å². The molecule has 2 atom stereocenters. The second-order valence-corrected chi connectivity index (χ2v) is 6.65. The lowest BCUT2D eigenvalue weighted by Crippen LogP contribution is -2.50. The van der Waals surface area contributed by atoms with E-state index in [0.29, 0.717) is 12.8 Å². The number of carbonyl (C=O) groups is 3. The Hall–Kier alpha value is -1.67. The number of aliphatic hydroxyl groups is 1. The number of carbonyl (C=O) groups excluding carboxylic acids is 3. The van der Waals surface area contributed by atoms with Crippen LogP contribution in [0.25, 0.3) is 0 Å². The van der Waals surface area contributed by atoms with Crippen molar-refractivity contribution in [3.8, 4) is 0 Å². The molecule has 3 aliphatic rings. The summed E-state index contributed by atoms with van der Waals surface area (Å²) in [5.74, 6) is -0.673. The predicted octanol–water partition coefficient (Wildman–Crippen LogP) is -0.193. The zero-order chi connectivity index (χ0) is 16.6. The van der Waals surface area contributed by atoms with E-state index in [9.17, 15) is 19.5 Å². The lowest BCUT2D eigenvalue weighted by molar-refractivity contribution is -0.147. The minimum Gasteiger partial charge on any atom is -0.468 e. The van der Waals surface area contributed by atoms with Crippen LogP contribution in [0.2, 0.25) is 0 Å². The highest BCUT2D eigenvalue weighted by Gasteiger charge is 2.52. The van der Waals surface area contributed by atoms with E-state index >= 15 is 0 Å². The molecule has 1 saturated carbocycles. The molecule has 2 aliphatic heterocycles. The van der Waals surface area contributed by atoms with Crippen LogP contribution in [-0.4, -0.2) is 70.8 Å². The second kappa shape index (κ2) is 6.09. The van der Waals surface area contributed by atoms with Gasteiger partial charge in [-0.25, -0.2) is 9.69 Å². The van der Waals surface area contributed by atoms with Gasteiger partial charge in [0.05, 0.1) is 19.9 Å². The van der Waals surface area contributed by atoms with Crippen molar-refractivity contribution in [1.82, 2.24) is 15.1 Å². The van der Waals surface area contributed by atoms with Crippen molar-refractivity contribution in [1.29, 1.82) is 0 Å². The number of nitrogens with zero attached hydrogens (tertiary/aromatic N) is 2. The van der Waals surface area contributed by atoms with E-state index in [1.165, 1.54) is 12.0 Å². The largest absolute Gasteiger partial charge is 0.468 e. The summed E-state index contributed by atoms with van der Waals surface area (Å²) in [6.45, 7) is 0.243. The van der Waals surface area contributed by atoms with E-state index in [1.807, 2.05) is 0 Å². The third-order valence-electron chi connectivity index (χ3n) is 5.13. The van der Waals surface area contributed by atoms with Crippen molar-refractivity contribution in [2.75, 3.05) is 20.3 Å². The first kappa shape index (κ1) is 16.2. The van der Waals surface area contributed by atoms with Crippen LogP contribution < -0.4 is 5.32 Å². The van der Waals surface area contributed by atoms with E-state index in [0.717, 1.165) is 19.3 Å². The third kappa shape index (κ3) is 2.81. The van der Waals surface area contributed by atoms with Crippen LogP contribution in [0.15, 0.2) is 0 Å². The first-order valence-electron chi connectivity index (χ1n) is 8.11. The van der Waals surface area contributed by atoms with Crippen molar-refractivity contribution < 1.29 is 24.2 Å². The zero-order valence-electron chi connectivity index (χ0n) is 13.3. The van der Waals surface area contributed by atoms with E-state index in [-0.39, 0.29) is 25.5 Å². The lowest BCUT2D eigenvalue weighted by atomic mass is 9.82. The number of amides is 3. The Morgan fingerprint density at radius 2 is 2.04 bits per heavy atom. The Kier molecular flexibility index (Phi) is 4.29. The average molecular weight is 325 g/mol. The zero-order valence-corrected chi connectivity index (χ0v) is 13.3. The third-order valence-corrected chi connectivity index (χ3v) is 5.13. The smallest absolute Gasteiger partial charge is 0.326 e. The van der Waals surface area contributed by atoms with Gasteiger partial charge in [0.2, 0.25) is 0 Å². The van der Waals surface area contributed by atoms with Crippen LogP contribution in [0.5, 0.6) is 0 Å². The number of β-amino-alcohol motifs (C(OH)–C–C–N with tert-alkyl or cyclic N) is 1. The molecule has 0 aromatic rings. The Morgan fingerprint density at radius 3 is 2.70 bits per heavy atom. The molecular formula is C15H23N3O5. The van der Waals surface area contributed by atoms with E-state index in [2.05, 4.69) is 5.32 Å². The van der Waals surface area contributed by atoms with Gasteiger partial charge >= 0.3 is 12.0 Å². The summed E-state index contributed by atoms with van der Waals surface area (Å²) < 4.78 is 4.74. The van der Waals surface area contributed by atoms with Gasteiger partial charge in [0.25, 0.3) is 5.91 Å². The fraction of sp³-hybridized carbons (Fsp3) is 0.800. The van der Waals surface area contributed by atoms with Gasteiger partial charge < -0.3 is 15.2 Å². The fourth-order valence-corrected chi connectivity index (χ4v) is 3.90. The maximum absolute atomic E-state index is 12.7. The number of hydrogen-bond donors (Lipinski definition) is 2. The summed E-state index contributed by atoms with van der Waals surface area (Å²) in [5.41, 5.74) is -0.769. The number of nitrogens with one attached hydrogen (secondary N) is 1. The Bertz CT molecular complexity index is 517. The first-order chi connectivity index (χ1) is 11.0. The SMILES string of the molecule is COC(=O)[C@@H]1C[C@@H](O)CN1CN1C(=O)NC2(CCCCC2)C1=O. The van der Waals surface area contributed by atoms with Crippen molar-refractivity contribution in [3.63, 3.8) is 0 Å². The minimum atomic E-state index is -0.769. The molecule has 1 spiro atoms. The summed E-state index contributed by atoms with van der Waals surface area (Å²) in [7, 11) is 1.29. The molecule has 128 valence electrons. The number of rotatable bonds is 3. The van der Waals surface area contributed by atoms with Gasteiger partial charge in [-0.3, -0.25) is 14.5 Å². The van der Waals surface area contributed by atoms with Gasteiger partial charge in [-0.1, -0.05) is 19.3 Å². The first-order valence-corrected chi connectivity index (χ1v) is 8.11. The Labute approximate surface area is 134 Å². The van der Waals surface area contributed by atoms with Crippen molar-refractivity contribution in [3.05, 3.63) is 0 Å². The monoisotopic (exact) mass is 325 g/mol. The molecule has 0 radical (unpaired) electrons. The number of esters is 1. The fourth-order valence-electron chi connectivity index (χ4n) is 3.90. The van der Waals surface area contributed by atoms with Crippen molar-refractivity contribution >= 4 is 17.9 Å². The Morgan fingerprint density at radius 1 is 1.35 bits per heavy atom. The molecule has 3 amide bonds. The number of aliphatic hydroxyl groups excluding tert-OH is 1. The molecule has 3 fully saturated rings. The second-order valence-electron chi connectivity index (χ2n) is 6.65. The van der Waals surface area contributed by atoms with E-state index in [1.54, 1.807) is 4.90 Å². The highest BCUT2D eigenvalue weighted by Crippen LogP contribution is 2.34. The molecule has 8 heteroatoms. The summed E-state index contributed by atoms with van der Waals surface area (Å²) in [4.78, 5) is 39.6. The standard InChI is InChI=1S/C15H23N3O5/c1-23-12(20)11-7-10(19)8-17(11)9-18-13(21)15(16-14(18)22)5-3-2-4-6-15/h10-11,19H,2-9H2,1H3,(H,16,22)/t10-,11+/m1/s1. The predicted molar refractivity (Wildman–Crippen MR) is 79.2 cm³/mol. The molecule has 2 N–H and O–H groups in total. The molecule has 0 bridgehead atoms. The maximum atomic E-state index is 12.7. The molecular weight excluding hydrogens is 302 g/mol. The normalized spacial score (nSPS) is 30.8. The number of ether oxygens (including phenoxy) is 1. The van der Waals surface area contributed by atoms with Crippen molar-refractivity contribution in [2.45, 2.75) is 56.2 Å². The summed E-state index contributed by atoms with van der Waals surface area (Å²) in [5, 5.41) is 12.7. The highest BCUT2D eigenvalue weighted by molar-refractivity contribution is 6.07. The van der Waals surface area contributed by atoms with Crippen LogP contribution in [0, 0.1) is 0 Å². The van der Waals surface area contributed by atoms with E-state index < -0.39 is 29.7 Å². The lowest BCUT2D eigenvalue weighted by Gasteiger charge is -2.31. The van der Waals surface area contributed by atoms with Crippen LogP contribution in [0.4, 0.5) is 4.79 Å². The molecule has 0 aromatic carbocycles. The van der Waals surface area contributed by atoms with Crippen LogP contribution >= 0.6 is 0 Å². The van der Waals surface area contributed by atoms with Gasteiger partial charge in [0, 0.05) is 13.0 Å². The summed E-state index contributed by atoms with van der Waals surface area (Å²) >= 11 is 0. The Balaban J connectivity index is 1.73. The number of hydrogen-bond acceptors (Lipinski definition) is 6. The summed E-state index contributed by atoms with van der Waals surface area (Å²) in [6, 6.07) is -1.04. The molecule has 0 unspecified atom stereocenters. The molecule has 0 aromatic heterocycles. The van der Waals surface area contributed by atoms with Gasteiger partial charge in [0.15, 0.2) is 0 Å².